The van der Waals surface area contributed by atoms with E-state index in [9.17, 15) is 4.39 Å². The molecule has 2 aromatic rings. The number of halogens is 1. The highest BCUT2D eigenvalue weighted by Gasteiger charge is 2.10. The van der Waals surface area contributed by atoms with E-state index in [1.165, 1.54) is 18.7 Å². The summed E-state index contributed by atoms with van der Waals surface area (Å²) in [6.07, 6.45) is 2.52. The van der Waals surface area contributed by atoms with Gasteiger partial charge in [0.05, 0.1) is 7.11 Å². The Labute approximate surface area is 124 Å². The molecule has 0 aliphatic carbocycles. The number of hydrogen-bond donors (Lipinski definition) is 2. The van der Waals surface area contributed by atoms with Gasteiger partial charge in [-0.3, -0.25) is 11.3 Å². The van der Waals surface area contributed by atoms with Gasteiger partial charge in [-0.15, -0.1) is 0 Å². The second-order valence-electron chi connectivity index (χ2n) is 5.06. The number of methoxy groups -OCH3 is 1. The van der Waals surface area contributed by atoms with E-state index in [-0.39, 0.29) is 17.6 Å². The average molecular weight is 288 g/mol. The standard InChI is InChI=1S/C17H21FN2O/c1-21-17-10-8-14(12-16(17)18)11-15(20-19)9-7-13-5-3-2-4-6-13/h2-6,8,10,12,15,20H,7,9,11,19H2,1H3. The Bertz CT molecular complexity index is 560. The molecule has 2 rings (SSSR count). The van der Waals surface area contributed by atoms with Crippen LogP contribution < -0.4 is 16.0 Å². The third-order valence-electron chi connectivity index (χ3n) is 3.56. The molecule has 4 heteroatoms. The van der Waals surface area contributed by atoms with Gasteiger partial charge in [0.25, 0.3) is 0 Å². The molecule has 0 bridgehead atoms. The molecule has 0 amide bonds. The number of hydrogen-bond acceptors (Lipinski definition) is 3. The van der Waals surface area contributed by atoms with Crippen LogP contribution in [-0.2, 0) is 12.8 Å². The van der Waals surface area contributed by atoms with Gasteiger partial charge in [-0.25, -0.2) is 4.39 Å². The monoisotopic (exact) mass is 288 g/mol. The number of benzene rings is 2. The van der Waals surface area contributed by atoms with Crippen molar-refractivity contribution in [1.29, 1.82) is 0 Å². The number of ether oxygens (including phenoxy) is 1. The Hall–Kier alpha value is -1.91. The summed E-state index contributed by atoms with van der Waals surface area (Å²) in [6.45, 7) is 0. The van der Waals surface area contributed by atoms with E-state index in [0.717, 1.165) is 18.4 Å². The molecule has 0 spiro atoms. The highest BCUT2D eigenvalue weighted by Crippen LogP contribution is 2.19. The fourth-order valence-electron chi connectivity index (χ4n) is 2.35. The van der Waals surface area contributed by atoms with Crippen LogP contribution in [0.1, 0.15) is 17.5 Å². The first-order valence-corrected chi connectivity index (χ1v) is 7.05. The van der Waals surface area contributed by atoms with Gasteiger partial charge < -0.3 is 4.74 Å². The van der Waals surface area contributed by atoms with E-state index >= 15 is 0 Å². The lowest BCUT2D eigenvalue weighted by Gasteiger charge is -2.16. The first kappa shape index (κ1) is 15.5. The van der Waals surface area contributed by atoms with Crippen molar-refractivity contribution in [2.24, 2.45) is 5.84 Å². The Morgan fingerprint density at radius 1 is 1.14 bits per heavy atom. The van der Waals surface area contributed by atoms with E-state index in [4.69, 9.17) is 10.6 Å². The molecule has 3 nitrogen and oxygen atoms in total. The molecule has 21 heavy (non-hydrogen) atoms. The minimum atomic E-state index is -0.339. The lowest BCUT2D eigenvalue weighted by atomic mass is 9.99. The number of hydrazine groups is 1. The number of nitrogens with one attached hydrogen (secondary N) is 1. The predicted octanol–water partition coefficient (Wildman–Crippen LogP) is 2.84. The van der Waals surface area contributed by atoms with Crippen LogP contribution in [0.15, 0.2) is 48.5 Å². The lowest BCUT2D eigenvalue weighted by Crippen LogP contribution is -2.37. The zero-order valence-electron chi connectivity index (χ0n) is 12.2. The second kappa shape index (κ2) is 7.76. The van der Waals surface area contributed by atoms with Crippen molar-refractivity contribution in [3.8, 4) is 5.75 Å². The highest BCUT2D eigenvalue weighted by atomic mass is 19.1. The predicted molar refractivity (Wildman–Crippen MR) is 82.5 cm³/mol. The molecule has 2 aromatic carbocycles. The summed E-state index contributed by atoms with van der Waals surface area (Å²) < 4.78 is 18.6. The lowest BCUT2D eigenvalue weighted by molar-refractivity contribution is 0.385. The van der Waals surface area contributed by atoms with Crippen molar-refractivity contribution in [2.75, 3.05) is 7.11 Å². The summed E-state index contributed by atoms with van der Waals surface area (Å²) in [5.74, 6) is 5.54. The van der Waals surface area contributed by atoms with E-state index in [1.54, 1.807) is 6.07 Å². The van der Waals surface area contributed by atoms with Gasteiger partial charge in [0, 0.05) is 6.04 Å². The van der Waals surface area contributed by atoms with Crippen molar-refractivity contribution in [2.45, 2.75) is 25.3 Å². The van der Waals surface area contributed by atoms with Crippen molar-refractivity contribution in [3.63, 3.8) is 0 Å². The van der Waals surface area contributed by atoms with Gasteiger partial charge in [-0.1, -0.05) is 36.4 Å². The van der Waals surface area contributed by atoms with E-state index in [2.05, 4.69) is 17.6 Å². The van der Waals surface area contributed by atoms with Crippen LogP contribution in [0.2, 0.25) is 0 Å². The Morgan fingerprint density at radius 2 is 1.90 bits per heavy atom. The number of aryl methyl sites for hydroxylation is 1. The smallest absolute Gasteiger partial charge is 0.165 e. The molecule has 3 N–H and O–H groups in total. The highest BCUT2D eigenvalue weighted by molar-refractivity contribution is 5.29. The summed E-state index contributed by atoms with van der Waals surface area (Å²) >= 11 is 0. The molecule has 0 saturated carbocycles. The Kier molecular flexibility index (Phi) is 5.72. The molecular weight excluding hydrogens is 267 g/mol. The van der Waals surface area contributed by atoms with E-state index < -0.39 is 0 Å². The van der Waals surface area contributed by atoms with Gasteiger partial charge in [0.15, 0.2) is 11.6 Å². The van der Waals surface area contributed by atoms with Gasteiger partial charge in [0.2, 0.25) is 0 Å². The molecule has 0 aromatic heterocycles. The van der Waals surface area contributed by atoms with Crippen molar-refractivity contribution >= 4 is 0 Å². The first-order chi connectivity index (χ1) is 10.2. The van der Waals surface area contributed by atoms with Crippen molar-refractivity contribution < 1.29 is 9.13 Å². The maximum Gasteiger partial charge on any atom is 0.165 e. The summed E-state index contributed by atoms with van der Waals surface area (Å²) in [6, 6.07) is 15.4. The summed E-state index contributed by atoms with van der Waals surface area (Å²) in [5, 5.41) is 0. The summed E-state index contributed by atoms with van der Waals surface area (Å²) in [7, 11) is 1.46. The normalized spacial score (nSPS) is 12.1. The van der Waals surface area contributed by atoms with Crippen molar-refractivity contribution in [3.05, 3.63) is 65.5 Å². The molecule has 0 aliphatic rings. The van der Waals surface area contributed by atoms with Gasteiger partial charge in [0.1, 0.15) is 0 Å². The summed E-state index contributed by atoms with van der Waals surface area (Å²) in [4.78, 5) is 0. The molecule has 0 fully saturated rings. The fraction of sp³-hybridized carbons (Fsp3) is 0.294. The van der Waals surface area contributed by atoms with Crippen LogP contribution in [0, 0.1) is 5.82 Å². The Morgan fingerprint density at radius 3 is 2.52 bits per heavy atom. The topological polar surface area (TPSA) is 47.3 Å². The molecule has 0 saturated heterocycles. The maximum absolute atomic E-state index is 13.7. The molecule has 0 aliphatic heterocycles. The zero-order valence-corrected chi connectivity index (χ0v) is 12.2. The van der Waals surface area contributed by atoms with Crippen LogP contribution in [-0.4, -0.2) is 13.2 Å². The molecule has 0 radical (unpaired) electrons. The molecule has 112 valence electrons. The van der Waals surface area contributed by atoms with Gasteiger partial charge in [-0.2, -0.15) is 0 Å². The molecule has 1 atom stereocenters. The average Bonchev–Trinajstić information content (AvgIpc) is 2.52. The van der Waals surface area contributed by atoms with E-state index in [0.29, 0.717) is 6.42 Å². The third-order valence-corrected chi connectivity index (χ3v) is 3.56. The van der Waals surface area contributed by atoms with Gasteiger partial charge >= 0.3 is 0 Å². The quantitative estimate of drug-likeness (QED) is 0.608. The Balaban J connectivity index is 1.94. The SMILES string of the molecule is COc1ccc(CC(CCc2ccccc2)NN)cc1F. The first-order valence-electron chi connectivity index (χ1n) is 7.05. The molecule has 1 unspecified atom stereocenters. The van der Waals surface area contributed by atoms with Crippen LogP contribution in [0.4, 0.5) is 4.39 Å². The van der Waals surface area contributed by atoms with Gasteiger partial charge in [-0.05, 0) is 42.5 Å². The maximum atomic E-state index is 13.7. The number of nitrogens with two attached hydrogens (primary N) is 1. The van der Waals surface area contributed by atoms with Crippen molar-refractivity contribution in [1.82, 2.24) is 5.43 Å². The van der Waals surface area contributed by atoms with E-state index in [1.807, 2.05) is 24.3 Å². The zero-order chi connectivity index (χ0) is 15.1. The minimum Gasteiger partial charge on any atom is -0.494 e. The molecular formula is C17H21FN2O. The number of rotatable bonds is 7. The largest absolute Gasteiger partial charge is 0.494 e. The minimum absolute atomic E-state index is 0.109. The van der Waals surface area contributed by atoms with Crippen LogP contribution in [0.5, 0.6) is 5.75 Å². The summed E-state index contributed by atoms with van der Waals surface area (Å²) in [5.41, 5.74) is 5.00. The fourth-order valence-corrected chi connectivity index (χ4v) is 2.35. The third kappa shape index (κ3) is 4.55. The molecule has 0 heterocycles. The second-order valence-corrected chi connectivity index (χ2v) is 5.06. The van der Waals surface area contributed by atoms with Crippen LogP contribution in [0.3, 0.4) is 0 Å². The van der Waals surface area contributed by atoms with Crippen LogP contribution in [0.25, 0.3) is 0 Å². The van der Waals surface area contributed by atoms with Crippen LogP contribution >= 0.6 is 0 Å².